The average molecular weight is 303 g/mol. The zero-order valence-electron chi connectivity index (χ0n) is 15.4. The fourth-order valence-electron chi connectivity index (χ4n) is 4.05. The van der Waals surface area contributed by atoms with Gasteiger partial charge in [-0.3, -0.25) is 0 Å². The molecule has 2 rings (SSSR count). The van der Waals surface area contributed by atoms with Crippen LogP contribution in [0.2, 0.25) is 0 Å². The van der Waals surface area contributed by atoms with E-state index in [0.29, 0.717) is 5.41 Å². The van der Waals surface area contributed by atoms with Gasteiger partial charge in [-0.1, -0.05) is 46.8 Å². The maximum Gasteiger partial charge on any atom is 0.122 e. The van der Waals surface area contributed by atoms with Crippen molar-refractivity contribution in [1.29, 1.82) is 0 Å². The van der Waals surface area contributed by atoms with E-state index < -0.39 is 0 Å². The second-order valence-corrected chi connectivity index (χ2v) is 8.98. The van der Waals surface area contributed by atoms with Gasteiger partial charge < -0.3 is 10.5 Å². The van der Waals surface area contributed by atoms with Gasteiger partial charge in [0.15, 0.2) is 0 Å². The Hall–Kier alpha value is -1.02. The zero-order valence-corrected chi connectivity index (χ0v) is 15.4. The quantitative estimate of drug-likeness (QED) is 0.849. The minimum Gasteiger partial charge on any atom is -0.496 e. The summed E-state index contributed by atoms with van der Waals surface area (Å²) in [7, 11) is 1.76. The van der Waals surface area contributed by atoms with Crippen LogP contribution in [0.4, 0.5) is 0 Å². The smallest absolute Gasteiger partial charge is 0.122 e. The summed E-state index contributed by atoms with van der Waals surface area (Å²) in [5.41, 5.74) is 9.57. The van der Waals surface area contributed by atoms with Crippen molar-refractivity contribution in [3.8, 4) is 5.75 Å². The normalized spacial score (nSPS) is 18.9. The van der Waals surface area contributed by atoms with Gasteiger partial charge in [0.1, 0.15) is 5.75 Å². The number of nitrogens with two attached hydrogens (primary N) is 1. The van der Waals surface area contributed by atoms with Crippen LogP contribution >= 0.6 is 0 Å². The molecule has 124 valence electrons. The maximum absolute atomic E-state index is 6.29. The van der Waals surface area contributed by atoms with E-state index in [2.05, 4.69) is 59.7 Å². The van der Waals surface area contributed by atoms with E-state index in [1.165, 1.54) is 24.0 Å². The van der Waals surface area contributed by atoms with Crippen LogP contribution in [0.3, 0.4) is 0 Å². The summed E-state index contributed by atoms with van der Waals surface area (Å²) in [4.78, 5) is 0. The van der Waals surface area contributed by atoms with Gasteiger partial charge in [0.05, 0.1) is 7.11 Å². The van der Waals surface area contributed by atoms with Gasteiger partial charge in [0, 0.05) is 17.0 Å². The Kier molecular flexibility index (Phi) is 4.38. The lowest BCUT2D eigenvalue weighted by atomic mass is 9.71. The first kappa shape index (κ1) is 17.3. The molecule has 1 aliphatic carbocycles. The van der Waals surface area contributed by atoms with Crippen LogP contribution in [0, 0.1) is 5.41 Å². The molecule has 0 bridgehead atoms. The monoisotopic (exact) mass is 303 g/mol. The topological polar surface area (TPSA) is 35.2 Å². The fourth-order valence-corrected chi connectivity index (χ4v) is 4.05. The van der Waals surface area contributed by atoms with Crippen LogP contribution in [-0.2, 0) is 10.8 Å². The minimum atomic E-state index is 0.124. The number of rotatable bonds is 5. The van der Waals surface area contributed by atoms with E-state index in [1.807, 2.05) is 0 Å². The second-order valence-electron chi connectivity index (χ2n) is 8.98. The Morgan fingerprint density at radius 1 is 1.18 bits per heavy atom. The van der Waals surface area contributed by atoms with Crippen LogP contribution in [0.25, 0.3) is 0 Å². The van der Waals surface area contributed by atoms with Gasteiger partial charge in [-0.05, 0) is 48.6 Å². The highest BCUT2D eigenvalue weighted by molar-refractivity contribution is 5.48. The first-order valence-corrected chi connectivity index (χ1v) is 8.46. The van der Waals surface area contributed by atoms with Crippen molar-refractivity contribution in [2.75, 3.05) is 7.11 Å². The lowest BCUT2D eigenvalue weighted by Gasteiger charge is -2.34. The summed E-state index contributed by atoms with van der Waals surface area (Å²) in [6.07, 6.45) is 3.49. The molecule has 1 aromatic carbocycles. The predicted octanol–water partition coefficient (Wildman–Crippen LogP) is 4.79. The highest BCUT2D eigenvalue weighted by atomic mass is 16.5. The molecule has 0 heterocycles. The Morgan fingerprint density at radius 2 is 1.77 bits per heavy atom. The summed E-state index contributed by atoms with van der Waals surface area (Å²) in [5, 5.41) is 0. The largest absolute Gasteiger partial charge is 0.496 e. The van der Waals surface area contributed by atoms with Crippen LogP contribution in [0.1, 0.15) is 71.9 Å². The summed E-state index contributed by atoms with van der Waals surface area (Å²) in [5.74, 6) is 0.991. The van der Waals surface area contributed by atoms with E-state index in [1.54, 1.807) is 7.11 Å². The SMILES string of the molecule is COc1ccc(C(C)(C)CC(C)(C)C)cc1C1(C(C)N)CC1. The molecule has 1 unspecified atom stereocenters. The summed E-state index contributed by atoms with van der Waals surface area (Å²) in [6, 6.07) is 6.89. The first-order valence-electron chi connectivity index (χ1n) is 8.46. The summed E-state index contributed by atoms with van der Waals surface area (Å²) in [6.45, 7) is 13.7. The molecular formula is C20H33NO. The molecule has 0 aliphatic heterocycles. The molecule has 2 nitrogen and oxygen atoms in total. The number of benzene rings is 1. The third-order valence-electron chi connectivity index (χ3n) is 5.15. The van der Waals surface area contributed by atoms with Crippen LogP contribution < -0.4 is 10.5 Å². The van der Waals surface area contributed by atoms with Crippen LogP contribution in [-0.4, -0.2) is 13.2 Å². The van der Waals surface area contributed by atoms with Crippen molar-refractivity contribution in [1.82, 2.24) is 0 Å². The van der Waals surface area contributed by atoms with E-state index in [9.17, 15) is 0 Å². The standard InChI is InChI=1S/C20H33NO/c1-14(21)20(10-11-20)16-12-15(8-9-17(16)22-7)19(5,6)13-18(2,3)4/h8-9,12,14H,10-11,13,21H2,1-7H3. The molecule has 0 spiro atoms. The van der Waals surface area contributed by atoms with Crippen molar-refractivity contribution in [2.24, 2.45) is 11.1 Å². The predicted molar refractivity (Wildman–Crippen MR) is 94.7 cm³/mol. The third-order valence-corrected chi connectivity index (χ3v) is 5.15. The van der Waals surface area contributed by atoms with Crippen molar-refractivity contribution in [3.05, 3.63) is 29.3 Å². The van der Waals surface area contributed by atoms with E-state index >= 15 is 0 Å². The van der Waals surface area contributed by atoms with Gasteiger partial charge in [0.25, 0.3) is 0 Å². The molecule has 1 atom stereocenters. The minimum absolute atomic E-state index is 0.124. The van der Waals surface area contributed by atoms with Gasteiger partial charge in [-0.2, -0.15) is 0 Å². The van der Waals surface area contributed by atoms with Crippen molar-refractivity contribution in [2.45, 2.75) is 77.7 Å². The summed E-state index contributed by atoms with van der Waals surface area (Å²) < 4.78 is 5.63. The Balaban J connectivity index is 2.44. The molecule has 1 aromatic rings. The molecule has 0 amide bonds. The molecule has 2 heteroatoms. The molecule has 0 saturated heterocycles. The zero-order chi connectivity index (χ0) is 16.8. The molecule has 0 aromatic heterocycles. The maximum atomic E-state index is 6.29. The van der Waals surface area contributed by atoms with Crippen LogP contribution in [0.5, 0.6) is 5.75 Å². The van der Waals surface area contributed by atoms with E-state index in [-0.39, 0.29) is 16.9 Å². The Labute approximate surface area is 136 Å². The van der Waals surface area contributed by atoms with Gasteiger partial charge >= 0.3 is 0 Å². The number of hydrogen-bond acceptors (Lipinski definition) is 2. The van der Waals surface area contributed by atoms with E-state index in [0.717, 1.165) is 12.2 Å². The number of methoxy groups -OCH3 is 1. The Morgan fingerprint density at radius 3 is 2.18 bits per heavy atom. The molecule has 1 aliphatic rings. The van der Waals surface area contributed by atoms with Crippen LogP contribution in [0.15, 0.2) is 18.2 Å². The Bertz CT molecular complexity index is 533. The molecule has 22 heavy (non-hydrogen) atoms. The number of hydrogen-bond donors (Lipinski definition) is 1. The molecular weight excluding hydrogens is 270 g/mol. The summed E-state index contributed by atoms with van der Waals surface area (Å²) >= 11 is 0. The molecule has 1 fully saturated rings. The third kappa shape index (κ3) is 3.32. The van der Waals surface area contributed by atoms with Crippen molar-refractivity contribution in [3.63, 3.8) is 0 Å². The second kappa shape index (κ2) is 5.56. The lowest BCUT2D eigenvalue weighted by Crippen LogP contribution is -2.32. The first-order chi connectivity index (χ1) is 10.0. The van der Waals surface area contributed by atoms with Crippen molar-refractivity contribution >= 4 is 0 Å². The van der Waals surface area contributed by atoms with Gasteiger partial charge in [-0.15, -0.1) is 0 Å². The average Bonchev–Trinajstić information content (AvgIpc) is 3.16. The molecule has 0 radical (unpaired) electrons. The van der Waals surface area contributed by atoms with Gasteiger partial charge in [-0.25, -0.2) is 0 Å². The molecule has 2 N–H and O–H groups in total. The lowest BCUT2D eigenvalue weighted by molar-refractivity contribution is 0.283. The highest BCUT2D eigenvalue weighted by Crippen LogP contribution is 2.54. The molecule has 1 saturated carbocycles. The fraction of sp³-hybridized carbons (Fsp3) is 0.700. The highest BCUT2D eigenvalue weighted by Gasteiger charge is 2.49. The van der Waals surface area contributed by atoms with Crippen molar-refractivity contribution < 1.29 is 4.74 Å². The van der Waals surface area contributed by atoms with Gasteiger partial charge in [0.2, 0.25) is 0 Å². The number of ether oxygens (including phenoxy) is 1. The van der Waals surface area contributed by atoms with E-state index in [4.69, 9.17) is 10.5 Å².